The number of halogens is 1. The molecule has 0 spiro atoms. The van der Waals surface area contributed by atoms with E-state index in [-0.39, 0.29) is 35.3 Å². The van der Waals surface area contributed by atoms with Crippen molar-refractivity contribution in [2.45, 2.75) is 68.9 Å². The molecule has 1 fully saturated rings. The van der Waals surface area contributed by atoms with Gasteiger partial charge in [0.25, 0.3) is 0 Å². The van der Waals surface area contributed by atoms with Crippen molar-refractivity contribution in [3.05, 3.63) is 74.7 Å². The Labute approximate surface area is 269 Å². The van der Waals surface area contributed by atoms with Gasteiger partial charge in [-0.25, -0.2) is 18.1 Å². The molecular formula is C32H32ClN5O5S2. The summed E-state index contributed by atoms with van der Waals surface area (Å²) in [5.74, 6) is -0.952. The summed E-state index contributed by atoms with van der Waals surface area (Å²) in [6, 6.07) is 9.54. The molecule has 5 aromatic rings. The number of carboxylic acids is 1. The molecule has 0 unspecified atom stereocenters. The van der Waals surface area contributed by atoms with E-state index in [0.717, 1.165) is 61.8 Å². The molecule has 1 saturated carbocycles. The molecule has 234 valence electrons. The van der Waals surface area contributed by atoms with Crippen LogP contribution < -0.4 is 4.74 Å². The largest absolute Gasteiger partial charge is 0.481 e. The summed E-state index contributed by atoms with van der Waals surface area (Å²) in [5, 5.41) is 22.0. The second-order valence-electron chi connectivity index (χ2n) is 11.9. The summed E-state index contributed by atoms with van der Waals surface area (Å²) in [7, 11) is -2.13. The molecule has 10 nitrogen and oxygen atoms in total. The van der Waals surface area contributed by atoms with Gasteiger partial charge in [-0.1, -0.05) is 35.9 Å². The molecule has 0 amide bonds. The van der Waals surface area contributed by atoms with Crippen LogP contribution in [0.4, 0.5) is 0 Å². The van der Waals surface area contributed by atoms with Crippen molar-refractivity contribution in [2.24, 2.45) is 7.05 Å². The van der Waals surface area contributed by atoms with E-state index in [9.17, 15) is 18.3 Å². The highest BCUT2D eigenvalue weighted by atomic mass is 35.5. The SMILES string of the molecule is CC[C@@H]1CN(Cc2cc([C@@H](CC(=O)O)c3cc(C4CC4)c4c(nnn4C)c3C)cc3ccsc23)S(=O)(=O)c2cc(Cl)cnc2O1. The first kappa shape index (κ1) is 30.1. The number of carbonyl (C=O) groups is 1. The molecule has 13 heteroatoms. The van der Waals surface area contributed by atoms with Crippen LogP contribution in [-0.4, -0.2) is 56.4 Å². The Morgan fingerprint density at radius 3 is 2.78 bits per heavy atom. The van der Waals surface area contributed by atoms with Crippen LogP contribution in [-0.2, 0) is 28.4 Å². The van der Waals surface area contributed by atoms with E-state index >= 15 is 0 Å². The number of fused-ring (bicyclic) bond motifs is 3. The lowest BCUT2D eigenvalue weighted by Gasteiger charge is -2.24. The Morgan fingerprint density at radius 1 is 1.24 bits per heavy atom. The van der Waals surface area contributed by atoms with E-state index in [1.165, 1.54) is 27.9 Å². The number of benzene rings is 2. The first-order chi connectivity index (χ1) is 21.5. The lowest BCUT2D eigenvalue weighted by molar-refractivity contribution is -0.137. The third kappa shape index (κ3) is 5.37. The van der Waals surface area contributed by atoms with Gasteiger partial charge in [0.2, 0.25) is 15.9 Å². The summed E-state index contributed by atoms with van der Waals surface area (Å²) in [5.41, 5.74) is 6.35. The van der Waals surface area contributed by atoms with Crippen molar-refractivity contribution in [2.75, 3.05) is 6.54 Å². The van der Waals surface area contributed by atoms with E-state index in [2.05, 4.69) is 21.4 Å². The van der Waals surface area contributed by atoms with Gasteiger partial charge in [-0.2, -0.15) is 4.31 Å². The summed E-state index contributed by atoms with van der Waals surface area (Å²) in [6.07, 6.45) is 3.59. The molecule has 0 saturated heterocycles. The van der Waals surface area contributed by atoms with Gasteiger partial charge in [0.1, 0.15) is 16.5 Å². The average Bonchev–Trinajstić information content (AvgIpc) is 3.63. The Hall–Kier alpha value is -3.58. The fourth-order valence-corrected chi connectivity index (χ4v) is 9.12. The van der Waals surface area contributed by atoms with E-state index in [0.29, 0.717) is 12.3 Å². The van der Waals surface area contributed by atoms with Gasteiger partial charge in [-0.3, -0.25) is 4.79 Å². The fourth-order valence-electron chi connectivity index (χ4n) is 6.46. The van der Waals surface area contributed by atoms with Crippen molar-refractivity contribution < 1.29 is 23.1 Å². The molecular weight excluding hydrogens is 634 g/mol. The normalized spacial score (nSPS) is 18.9. The van der Waals surface area contributed by atoms with Crippen LogP contribution in [0.1, 0.15) is 72.3 Å². The number of hydrogen-bond donors (Lipinski definition) is 1. The molecule has 1 aliphatic carbocycles. The number of aliphatic carboxylic acids is 1. The van der Waals surface area contributed by atoms with E-state index in [4.69, 9.17) is 16.3 Å². The number of rotatable bonds is 8. The number of aryl methyl sites for hydroxylation is 2. The zero-order valence-corrected chi connectivity index (χ0v) is 27.4. The van der Waals surface area contributed by atoms with Crippen molar-refractivity contribution in [1.29, 1.82) is 0 Å². The minimum absolute atomic E-state index is 0.0478. The summed E-state index contributed by atoms with van der Waals surface area (Å²) < 4.78 is 38.3. The molecule has 45 heavy (non-hydrogen) atoms. The average molecular weight is 666 g/mol. The fraction of sp³-hybridized carbons (Fsp3) is 0.375. The highest BCUT2D eigenvalue weighted by molar-refractivity contribution is 7.89. The maximum absolute atomic E-state index is 14.0. The van der Waals surface area contributed by atoms with Crippen molar-refractivity contribution in [3.63, 3.8) is 0 Å². The summed E-state index contributed by atoms with van der Waals surface area (Å²) >= 11 is 7.71. The third-order valence-electron chi connectivity index (χ3n) is 8.91. The van der Waals surface area contributed by atoms with Gasteiger partial charge in [-0.05, 0) is 88.9 Å². The van der Waals surface area contributed by atoms with Crippen molar-refractivity contribution in [1.82, 2.24) is 24.3 Å². The second-order valence-corrected chi connectivity index (χ2v) is 15.2. The van der Waals surface area contributed by atoms with Crippen LogP contribution in [0, 0.1) is 6.92 Å². The maximum Gasteiger partial charge on any atom is 0.304 e. The molecule has 4 heterocycles. The molecule has 0 radical (unpaired) electrons. The van der Waals surface area contributed by atoms with Gasteiger partial charge in [0, 0.05) is 30.4 Å². The number of thiophene rings is 1. The Bertz CT molecular complexity index is 2090. The Kier molecular flexibility index (Phi) is 7.58. The number of ether oxygens (including phenoxy) is 1. The topological polar surface area (TPSA) is 128 Å². The minimum atomic E-state index is -4.02. The number of pyridine rings is 1. The molecule has 2 aliphatic rings. The smallest absolute Gasteiger partial charge is 0.304 e. The van der Waals surface area contributed by atoms with Crippen LogP contribution in [0.2, 0.25) is 5.02 Å². The van der Waals surface area contributed by atoms with Crippen LogP contribution in [0.5, 0.6) is 5.88 Å². The van der Waals surface area contributed by atoms with Crippen LogP contribution in [0.15, 0.2) is 46.8 Å². The number of nitrogens with zero attached hydrogens (tertiary/aromatic N) is 5. The first-order valence-corrected chi connectivity index (χ1v) is 17.6. The Balaban J connectivity index is 1.37. The van der Waals surface area contributed by atoms with Crippen molar-refractivity contribution in [3.8, 4) is 5.88 Å². The van der Waals surface area contributed by atoms with Gasteiger partial charge in [-0.15, -0.1) is 16.4 Å². The third-order valence-corrected chi connectivity index (χ3v) is 11.9. The monoisotopic (exact) mass is 665 g/mol. The number of aromatic nitrogens is 4. The van der Waals surface area contributed by atoms with Gasteiger partial charge in [0.15, 0.2) is 0 Å². The number of carboxylic acid groups (broad SMARTS) is 1. The zero-order chi connectivity index (χ0) is 31.6. The molecule has 3 aromatic heterocycles. The minimum Gasteiger partial charge on any atom is -0.481 e. The first-order valence-electron chi connectivity index (χ1n) is 14.9. The van der Waals surface area contributed by atoms with Gasteiger partial charge in [0.05, 0.1) is 23.5 Å². The summed E-state index contributed by atoms with van der Waals surface area (Å²) in [4.78, 5) is 16.5. The predicted octanol–water partition coefficient (Wildman–Crippen LogP) is 6.39. The van der Waals surface area contributed by atoms with Crippen molar-refractivity contribution >= 4 is 60.0 Å². The second kappa shape index (κ2) is 11.3. The summed E-state index contributed by atoms with van der Waals surface area (Å²) in [6.45, 7) is 4.13. The van der Waals surface area contributed by atoms with E-state index < -0.39 is 28.0 Å². The number of sulfonamides is 1. The zero-order valence-electron chi connectivity index (χ0n) is 25.0. The highest BCUT2D eigenvalue weighted by Gasteiger charge is 2.36. The molecule has 2 atom stereocenters. The number of hydrogen-bond acceptors (Lipinski definition) is 8. The predicted molar refractivity (Wildman–Crippen MR) is 173 cm³/mol. The highest BCUT2D eigenvalue weighted by Crippen LogP contribution is 2.46. The molecule has 1 N–H and O–H groups in total. The maximum atomic E-state index is 14.0. The van der Waals surface area contributed by atoms with Crippen LogP contribution in [0.3, 0.4) is 0 Å². The van der Waals surface area contributed by atoms with Crippen LogP contribution in [0.25, 0.3) is 21.1 Å². The quantitative estimate of drug-likeness (QED) is 0.202. The molecule has 7 rings (SSSR count). The van der Waals surface area contributed by atoms with Gasteiger partial charge < -0.3 is 9.84 Å². The lowest BCUT2D eigenvalue weighted by atomic mass is 9.83. The van der Waals surface area contributed by atoms with E-state index in [1.54, 1.807) is 4.68 Å². The van der Waals surface area contributed by atoms with Gasteiger partial charge >= 0.3 is 5.97 Å². The Morgan fingerprint density at radius 2 is 2.04 bits per heavy atom. The molecule has 0 bridgehead atoms. The van der Waals surface area contributed by atoms with E-state index in [1.807, 2.05) is 44.5 Å². The van der Waals surface area contributed by atoms with Crippen LogP contribution >= 0.6 is 22.9 Å². The molecule has 2 aromatic carbocycles. The molecule has 1 aliphatic heterocycles. The lowest BCUT2D eigenvalue weighted by Crippen LogP contribution is -2.36. The standard InChI is InChI=1S/C32H32ClN5O5S2/c1-4-23-16-38(45(41,42)27-11-22(33)14-34-32(27)43-23)15-21-10-20(9-19-7-8-44-31(19)21)25(13-28(39)40)24-12-26(18-5-6-18)30-29(17(24)2)35-36-37(30)3/h7-12,14,18,23,25H,4-6,13,15-16H2,1-3H3,(H,39,40)/t23-,25-/m1/s1.